The van der Waals surface area contributed by atoms with Crippen LogP contribution in [0.15, 0.2) is 28.9 Å². The van der Waals surface area contributed by atoms with E-state index in [2.05, 4.69) is 29.3 Å². The Kier molecular flexibility index (Phi) is 3.49. The van der Waals surface area contributed by atoms with Crippen molar-refractivity contribution in [2.24, 2.45) is 0 Å². The summed E-state index contributed by atoms with van der Waals surface area (Å²) in [6.45, 7) is 4.76. The molecule has 2 aromatic heterocycles. The second-order valence-electron chi connectivity index (χ2n) is 4.08. The van der Waals surface area contributed by atoms with Crippen LogP contribution in [0.5, 0.6) is 0 Å². The third-order valence-corrected chi connectivity index (χ3v) is 2.23. The number of hydrogen-bond donors (Lipinski definition) is 1. The first-order chi connectivity index (χ1) is 8.15. The van der Waals surface area contributed by atoms with Crippen LogP contribution < -0.4 is 5.32 Å². The van der Waals surface area contributed by atoms with E-state index in [1.54, 1.807) is 12.1 Å². The average Bonchev–Trinajstić information content (AvgIpc) is 2.76. The molecule has 0 saturated heterocycles. The van der Waals surface area contributed by atoms with E-state index in [0.29, 0.717) is 24.0 Å². The van der Waals surface area contributed by atoms with Crippen LogP contribution in [0.3, 0.4) is 0 Å². The van der Waals surface area contributed by atoms with Gasteiger partial charge in [0.05, 0.1) is 11.9 Å². The number of aromatic nitrogens is 2. The molecule has 2 aromatic rings. The Labute approximate surface area is 98.8 Å². The third-order valence-electron chi connectivity index (χ3n) is 2.23. The number of rotatable bonds is 4. The molecule has 90 valence electrons. The lowest BCUT2D eigenvalue weighted by atomic mass is 10.2. The lowest BCUT2D eigenvalue weighted by molar-refractivity contribution is 0.416. The molecule has 0 unspecified atom stereocenters. The van der Waals surface area contributed by atoms with Gasteiger partial charge in [-0.2, -0.15) is 0 Å². The Morgan fingerprint density at radius 3 is 2.88 bits per heavy atom. The van der Waals surface area contributed by atoms with Crippen molar-refractivity contribution in [3.63, 3.8) is 0 Å². The molecule has 5 heteroatoms. The SMILES string of the molecule is CC(C)NCc1cc(-c2ccc(F)cn2)on1. The van der Waals surface area contributed by atoms with E-state index in [1.165, 1.54) is 6.07 Å². The van der Waals surface area contributed by atoms with Crippen molar-refractivity contribution >= 4 is 0 Å². The van der Waals surface area contributed by atoms with E-state index in [1.807, 2.05) is 0 Å². The Bertz CT molecular complexity index is 479. The Balaban J connectivity index is 2.10. The normalized spacial score (nSPS) is 11.1. The highest BCUT2D eigenvalue weighted by atomic mass is 19.1. The van der Waals surface area contributed by atoms with E-state index < -0.39 is 0 Å². The summed E-state index contributed by atoms with van der Waals surface area (Å²) in [6.07, 6.45) is 1.16. The summed E-state index contributed by atoms with van der Waals surface area (Å²) in [5.74, 6) is 0.181. The minimum absolute atomic E-state index is 0.366. The molecule has 2 heterocycles. The highest BCUT2D eigenvalue weighted by molar-refractivity contribution is 5.51. The van der Waals surface area contributed by atoms with Gasteiger partial charge in [0.25, 0.3) is 0 Å². The van der Waals surface area contributed by atoms with Gasteiger partial charge in [-0.3, -0.25) is 0 Å². The zero-order chi connectivity index (χ0) is 12.3. The van der Waals surface area contributed by atoms with Crippen molar-refractivity contribution in [2.45, 2.75) is 26.4 Å². The number of pyridine rings is 1. The van der Waals surface area contributed by atoms with Crippen molar-refractivity contribution in [3.05, 3.63) is 35.9 Å². The van der Waals surface area contributed by atoms with Crippen molar-refractivity contribution in [2.75, 3.05) is 0 Å². The molecular weight excluding hydrogens is 221 g/mol. The van der Waals surface area contributed by atoms with E-state index in [4.69, 9.17) is 4.52 Å². The fraction of sp³-hybridized carbons (Fsp3) is 0.333. The maximum absolute atomic E-state index is 12.7. The van der Waals surface area contributed by atoms with Gasteiger partial charge in [-0.15, -0.1) is 0 Å². The van der Waals surface area contributed by atoms with Crippen LogP contribution in [0.2, 0.25) is 0 Å². The monoisotopic (exact) mass is 235 g/mol. The van der Waals surface area contributed by atoms with Gasteiger partial charge in [0.2, 0.25) is 0 Å². The average molecular weight is 235 g/mol. The highest BCUT2D eigenvalue weighted by Crippen LogP contribution is 2.17. The molecule has 0 radical (unpaired) electrons. The minimum atomic E-state index is -0.366. The summed E-state index contributed by atoms with van der Waals surface area (Å²) in [5.41, 5.74) is 1.38. The van der Waals surface area contributed by atoms with Crippen LogP contribution in [0.4, 0.5) is 4.39 Å². The van der Waals surface area contributed by atoms with E-state index in [0.717, 1.165) is 11.9 Å². The van der Waals surface area contributed by atoms with Gasteiger partial charge in [-0.1, -0.05) is 19.0 Å². The predicted molar refractivity (Wildman–Crippen MR) is 61.7 cm³/mol. The molecule has 17 heavy (non-hydrogen) atoms. The van der Waals surface area contributed by atoms with Gasteiger partial charge in [-0.25, -0.2) is 9.37 Å². The fourth-order valence-corrected chi connectivity index (χ4v) is 1.35. The summed E-state index contributed by atoms with van der Waals surface area (Å²) in [6, 6.07) is 5.10. The molecule has 1 N–H and O–H groups in total. The topological polar surface area (TPSA) is 51.0 Å². The van der Waals surface area contributed by atoms with Crippen LogP contribution >= 0.6 is 0 Å². The molecule has 4 nitrogen and oxygen atoms in total. The van der Waals surface area contributed by atoms with Gasteiger partial charge in [-0.05, 0) is 12.1 Å². The molecule has 0 fully saturated rings. The fourth-order valence-electron chi connectivity index (χ4n) is 1.35. The summed E-state index contributed by atoms with van der Waals surface area (Å²) < 4.78 is 17.8. The van der Waals surface area contributed by atoms with Crippen molar-refractivity contribution < 1.29 is 8.91 Å². The first kappa shape index (κ1) is 11.7. The smallest absolute Gasteiger partial charge is 0.185 e. The number of nitrogens with one attached hydrogen (secondary N) is 1. The summed E-state index contributed by atoms with van der Waals surface area (Å²) in [5, 5.41) is 7.15. The van der Waals surface area contributed by atoms with Crippen LogP contribution in [-0.2, 0) is 6.54 Å². The Morgan fingerprint density at radius 2 is 2.24 bits per heavy atom. The molecule has 0 aliphatic rings. The van der Waals surface area contributed by atoms with E-state index in [9.17, 15) is 4.39 Å². The van der Waals surface area contributed by atoms with Crippen molar-refractivity contribution in [1.82, 2.24) is 15.5 Å². The van der Waals surface area contributed by atoms with Crippen molar-refractivity contribution in [1.29, 1.82) is 0 Å². The lowest BCUT2D eigenvalue weighted by Gasteiger charge is -2.03. The summed E-state index contributed by atoms with van der Waals surface area (Å²) in [4.78, 5) is 3.93. The van der Waals surface area contributed by atoms with Crippen LogP contribution in [0, 0.1) is 5.82 Å². The standard InChI is InChI=1S/C12H14FN3O/c1-8(2)14-7-10-5-12(17-16-10)11-4-3-9(13)6-15-11/h3-6,8,14H,7H2,1-2H3. The molecule has 0 spiro atoms. The zero-order valence-electron chi connectivity index (χ0n) is 9.77. The van der Waals surface area contributed by atoms with Gasteiger partial charge >= 0.3 is 0 Å². The molecule has 0 aromatic carbocycles. The van der Waals surface area contributed by atoms with Gasteiger partial charge in [0.1, 0.15) is 11.5 Å². The van der Waals surface area contributed by atoms with Gasteiger partial charge in [0, 0.05) is 18.7 Å². The highest BCUT2D eigenvalue weighted by Gasteiger charge is 2.08. The predicted octanol–water partition coefficient (Wildman–Crippen LogP) is 2.37. The maximum atomic E-state index is 12.7. The Morgan fingerprint density at radius 1 is 1.41 bits per heavy atom. The molecule has 2 rings (SSSR count). The third kappa shape index (κ3) is 3.10. The van der Waals surface area contributed by atoms with E-state index >= 15 is 0 Å². The second-order valence-corrected chi connectivity index (χ2v) is 4.08. The Hall–Kier alpha value is -1.75. The quantitative estimate of drug-likeness (QED) is 0.883. The molecule has 0 bridgehead atoms. The zero-order valence-corrected chi connectivity index (χ0v) is 9.77. The van der Waals surface area contributed by atoms with Gasteiger partial charge in [0.15, 0.2) is 5.76 Å². The van der Waals surface area contributed by atoms with Crippen LogP contribution in [0.25, 0.3) is 11.5 Å². The van der Waals surface area contributed by atoms with Crippen LogP contribution in [-0.4, -0.2) is 16.2 Å². The lowest BCUT2D eigenvalue weighted by Crippen LogP contribution is -2.21. The molecule has 0 aliphatic carbocycles. The molecule has 0 amide bonds. The number of nitrogens with zero attached hydrogens (tertiary/aromatic N) is 2. The maximum Gasteiger partial charge on any atom is 0.185 e. The molecule has 0 saturated carbocycles. The second kappa shape index (κ2) is 5.05. The number of halogens is 1. The number of hydrogen-bond acceptors (Lipinski definition) is 4. The molecule has 0 aliphatic heterocycles. The first-order valence-corrected chi connectivity index (χ1v) is 5.46. The first-order valence-electron chi connectivity index (χ1n) is 5.46. The van der Waals surface area contributed by atoms with E-state index in [-0.39, 0.29) is 5.82 Å². The molecular formula is C12H14FN3O. The largest absolute Gasteiger partial charge is 0.354 e. The minimum Gasteiger partial charge on any atom is -0.354 e. The van der Waals surface area contributed by atoms with Gasteiger partial charge < -0.3 is 9.84 Å². The summed E-state index contributed by atoms with van der Waals surface area (Å²) >= 11 is 0. The van der Waals surface area contributed by atoms with Crippen molar-refractivity contribution in [3.8, 4) is 11.5 Å². The summed E-state index contributed by atoms with van der Waals surface area (Å²) in [7, 11) is 0. The molecule has 0 atom stereocenters. The van der Waals surface area contributed by atoms with Crippen LogP contribution in [0.1, 0.15) is 19.5 Å².